The van der Waals surface area contributed by atoms with E-state index in [0.717, 1.165) is 19.3 Å². The number of amides is 1. The highest BCUT2D eigenvalue weighted by Gasteiger charge is 2.48. The summed E-state index contributed by atoms with van der Waals surface area (Å²) in [5, 5.41) is 14.0. The van der Waals surface area contributed by atoms with Gasteiger partial charge in [0, 0.05) is 6.54 Å². The van der Waals surface area contributed by atoms with Crippen molar-refractivity contribution in [2.75, 3.05) is 6.54 Å². The average molecular weight is 317 g/mol. The van der Waals surface area contributed by atoms with Gasteiger partial charge in [-0.2, -0.15) is 0 Å². The van der Waals surface area contributed by atoms with E-state index in [9.17, 15) is 9.90 Å². The number of aliphatic hydroxyl groups is 1. The van der Waals surface area contributed by atoms with Gasteiger partial charge in [-0.1, -0.05) is 57.0 Å². The van der Waals surface area contributed by atoms with E-state index in [1.165, 1.54) is 11.1 Å². The minimum absolute atomic E-state index is 0.0534. The highest BCUT2D eigenvalue weighted by atomic mass is 16.3. The Labute approximate surface area is 140 Å². The second kappa shape index (κ2) is 7.48. The van der Waals surface area contributed by atoms with Crippen molar-refractivity contribution < 1.29 is 9.90 Å². The Bertz CT molecular complexity index is 540. The first kappa shape index (κ1) is 18.0. The van der Waals surface area contributed by atoms with Crippen LogP contribution in [0.5, 0.6) is 0 Å². The first-order chi connectivity index (χ1) is 10.8. The summed E-state index contributed by atoms with van der Waals surface area (Å²) in [4.78, 5) is 12.7. The molecule has 23 heavy (non-hydrogen) atoms. The summed E-state index contributed by atoms with van der Waals surface area (Å²) in [5.41, 5.74) is 1.24. The number of benzene rings is 1. The van der Waals surface area contributed by atoms with E-state index in [1.807, 2.05) is 6.07 Å². The lowest BCUT2D eigenvalue weighted by Gasteiger charge is -2.43. The normalized spacial score (nSPS) is 27.9. The van der Waals surface area contributed by atoms with Gasteiger partial charge in [-0.05, 0) is 49.5 Å². The first-order valence-corrected chi connectivity index (χ1v) is 8.89. The van der Waals surface area contributed by atoms with Crippen LogP contribution in [0, 0.1) is 24.7 Å². The van der Waals surface area contributed by atoms with Crippen molar-refractivity contribution in [2.24, 2.45) is 17.8 Å². The van der Waals surface area contributed by atoms with Crippen LogP contribution in [0.2, 0.25) is 0 Å². The third-order valence-electron chi connectivity index (χ3n) is 5.22. The number of hydrogen-bond donors (Lipinski definition) is 2. The van der Waals surface area contributed by atoms with E-state index in [2.05, 4.69) is 51.2 Å². The van der Waals surface area contributed by atoms with E-state index >= 15 is 0 Å². The zero-order valence-corrected chi connectivity index (χ0v) is 14.9. The molecule has 128 valence electrons. The number of carbonyl (C=O) groups excluding carboxylic acids is 1. The number of aryl methyl sites for hydroxylation is 1. The Balaban J connectivity index is 1.97. The molecule has 3 atom stereocenters. The molecular weight excluding hydrogens is 286 g/mol. The predicted octanol–water partition coefficient (Wildman–Crippen LogP) is 3.48. The minimum Gasteiger partial charge on any atom is -0.380 e. The second-order valence-corrected chi connectivity index (χ2v) is 7.66. The van der Waals surface area contributed by atoms with Crippen molar-refractivity contribution in [2.45, 2.75) is 59.0 Å². The lowest BCUT2D eigenvalue weighted by atomic mass is 9.66. The fourth-order valence-corrected chi connectivity index (χ4v) is 3.97. The molecule has 0 aliphatic heterocycles. The maximum Gasteiger partial charge on any atom is 0.252 e. The Morgan fingerprint density at radius 3 is 2.78 bits per heavy atom. The van der Waals surface area contributed by atoms with Gasteiger partial charge in [-0.15, -0.1) is 0 Å². The maximum absolute atomic E-state index is 12.7. The zero-order valence-electron chi connectivity index (χ0n) is 14.9. The number of nitrogens with one attached hydrogen (secondary N) is 1. The molecular formula is C20H31NO2. The van der Waals surface area contributed by atoms with Crippen LogP contribution < -0.4 is 5.32 Å². The highest BCUT2D eigenvalue weighted by Crippen LogP contribution is 2.41. The standard InChI is InChI=1S/C20H31NO2/c1-14(2)18-9-8-16(4)13-20(18,23)19(22)21-11-10-17-7-5-6-15(3)12-17/h5-7,12,14,16,18,23H,8-11,13H2,1-4H3,(H,21,22)/t16-,18+,20+/m1/s1. The first-order valence-electron chi connectivity index (χ1n) is 8.89. The summed E-state index contributed by atoms with van der Waals surface area (Å²) in [7, 11) is 0. The van der Waals surface area contributed by atoms with Crippen LogP contribution in [0.4, 0.5) is 0 Å². The topological polar surface area (TPSA) is 49.3 Å². The molecule has 1 aromatic rings. The third kappa shape index (κ3) is 4.35. The zero-order chi connectivity index (χ0) is 17.0. The van der Waals surface area contributed by atoms with E-state index < -0.39 is 5.60 Å². The molecule has 3 nitrogen and oxygen atoms in total. The molecule has 2 N–H and O–H groups in total. The van der Waals surface area contributed by atoms with Crippen LogP contribution in [0.15, 0.2) is 24.3 Å². The number of carbonyl (C=O) groups is 1. The maximum atomic E-state index is 12.7. The van der Waals surface area contributed by atoms with Gasteiger partial charge in [0.2, 0.25) is 0 Å². The molecule has 0 radical (unpaired) electrons. The van der Waals surface area contributed by atoms with Crippen LogP contribution in [0.25, 0.3) is 0 Å². The molecule has 1 fully saturated rings. The molecule has 0 saturated heterocycles. The Hall–Kier alpha value is -1.35. The third-order valence-corrected chi connectivity index (χ3v) is 5.22. The Morgan fingerprint density at radius 1 is 1.39 bits per heavy atom. The van der Waals surface area contributed by atoms with Crippen molar-refractivity contribution in [1.29, 1.82) is 0 Å². The van der Waals surface area contributed by atoms with E-state index in [0.29, 0.717) is 24.8 Å². The summed E-state index contributed by atoms with van der Waals surface area (Å²) in [6.07, 6.45) is 3.40. The second-order valence-electron chi connectivity index (χ2n) is 7.66. The predicted molar refractivity (Wildman–Crippen MR) is 94.2 cm³/mol. The lowest BCUT2D eigenvalue weighted by molar-refractivity contribution is -0.155. The molecule has 1 aliphatic rings. The summed E-state index contributed by atoms with van der Waals surface area (Å²) in [6.45, 7) is 8.98. The van der Waals surface area contributed by atoms with Crippen LogP contribution in [0.3, 0.4) is 0 Å². The Kier molecular flexibility index (Phi) is 5.85. The molecule has 2 rings (SSSR count). The minimum atomic E-state index is -1.21. The van der Waals surface area contributed by atoms with Crippen molar-refractivity contribution >= 4 is 5.91 Å². The molecule has 0 unspecified atom stereocenters. The molecule has 1 aromatic carbocycles. The smallest absolute Gasteiger partial charge is 0.252 e. The molecule has 0 aromatic heterocycles. The van der Waals surface area contributed by atoms with Crippen LogP contribution in [-0.2, 0) is 11.2 Å². The van der Waals surface area contributed by atoms with Gasteiger partial charge >= 0.3 is 0 Å². The fourth-order valence-electron chi connectivity index (χ4n) is 3.97. The highest BCUT2D eigenvalue weighted by molar-refractivity contribution is 5.85. The summed E-state index contributed by atoms with van der Waals surface area (Å²) in [5.74, 6) is 0.584. The van der Waals surface area contributed by atoms with Crippen LogP contribution in [-0.4, -0.2) is 23.2 Å². The number of hydrogen-bond acceptors (Lipinski definition) is 2. The van der Waals surface area contributed by atoms with Gasteiger partial charge in [-0.3, -0.25) is 4.79 Å². The summed E-state index contributed by atoms with van der Waals surface area (Å²) < 4.78 is 0. The average Bonchev–Trinajstić information content (AvgIpc) is 2.46. The van der Waals surface area contributed by atoms with Gasteiger partial charge < -0.3 is 10.4 Å². The molecule has 0 bridgehead atoms. The fraction of sp³-hybridized carbons (Fsp3) is 0.650. The van der Waals surface area contributed by atoms with Crippen LogP contribution in [0.1, 0.15) is 51.2 Å². The van der Waals surface area contributed by atoms with Gasteiger partial charge in [0.1, 0.15) is 5.60 Å². The monoisotopic (exact) mass is 317 g/mol. The van der Waals surface area contributed by atoms with Crippen molar-refractivity contribution in [1.82, 2.24) is 5.32 Å². The van der Waals surface area contributed by atoms with Crippen molar-refractivity contribution in [3.05, 3.63) is 35.4 Å². The van der Waals surface area contributed by atoms with Crippen molar-refractivity contribution in [3.8, 4) is 0 Å². The van der Waals surface area contributed by atoms with Crippen LogP contribution >= 0.6 is 0 Å². The van der Waals surface area contributed by atoms with E-state index in [1.54, 1.807) is 0 Å². The molecule has 3 heteroatoms. The quantitative estimate of drug-likeness (QED) is 0.873. The molecule has 1 aliphatic carbocycles. The molecule has 1 saturated carbocycles. The van der Waals surface area contributed by atoms with Gasteiger partial charge in [-0.25, -0.2) is 0 Å². The SMILES string of the molecule is Cc1cccc(CCNC(=O)[C@]2(O)C[C@H](C)CC[C@H]2C(C)C)c1. The van der Waals surface area contributed by atoms with E-state index in [4.69, 9.17) is 0 Å². The van der Waals surface area contributed by atoms with E-state index in [-0.39, 0.29) is 11.8 Å². The molecule has 0 heterocycles. The van der Waals surface area contributed by atoms with Gasteiger partial charge in [0.15, 0.2) is 0 Å². The molecule has 0 spiro atoms. The molecule has 1 amide bonds. The summed E-state index contributed by atoms with van der Waals surface area (Å²) in [6, 6.07) is 8.33. The largest absolute Gasteiger partial charge is 0.380 e. The number of rotatable bonds is 5. The summed E-state index contributed by atoms with van der Waals surface area (Å²) >= 11 is 0. The van der Waals surface area contributed by atoms with Crippen molar-refractivity contribution in [3.63, 3.8) is 0 Å². The lowest BCUT2D eigenvalue weighted by Crippen LogP contribution is -2.56. The van der Waals surface area contributed by atoms with Gasteiger partial charge in [0.25, 0.3) is 5.91 Å². The Morgan fingerprint density at radius 2 is 2.13 bits per heavy atom. The van der Waals surface area contributed by atoms with Gasteiger partial charge in [0.05, 0.1) is 0 Å².